The van der Waals surface area contributed by atoms with E-state index in [4.69, 9.17) is 0 Å². The van der Waals surface area contributed by atoms with Crippen molar-refractivity contribution in [3.05, 3.63) is 58.3 Å². The van der Waals surface area contributed by atoms with Crippen LogP contribution < -0.4 is 4.90 Å². The van der Waals surface area contributed by atoms with Gasteiger partial charge in [0.1, 0.15) is 0 Å². The summed E-state index contributed by atoms with van der Waals surface area (Å²) in [6.45, 7) is 3.16. The molecule has 2 nitrogen and oxygen atoms in total. The second-order valence-corrected chi connectivity index (χ2v) is 5.69. The van der Waals surface area contributed by atoms with E-state index in [2.05, 4.69) is 69.1 Å². The Hall–Kier alpha value is -1.35. The molecule has 0 spiro atoms. The number of hydrogen-bond acceptors (Lipinski definition) is 2. The molecular formula is C15H15BrN2. The van der Waals surface area contributed by atoms with E-state index in [9.17, 15) is 0 Å². The zero-order valence-corrected chi connectivity index (χ0v) is 11.9. The molecule has 0 fully saturated rings. The van der Waals surface area contributed by atoms with Crippen LogP contribution in [0.4, 0.5) is 5.69 Å². The summed E-state index contributed by atoms with van der Waals surface area (Å²) < 4.78 is 1.03. The summed E-state index contributed by atoms with van der Waals surface area (Å²) in [7, 11) is 0. The lowest BCUT2D eigenvalue weighted by Crippen LogP contribution is -2.28. The van der Waals surface area contributed by atoms with Crippen LogP contribution in [0.25, 0.3) is 0 Å². The predicted octanol–water partition coefficient (Wildman–Crippen LogP) is 3.80. The summed E-state index contributed by atoms with van der Waals surface area (Å²) in [6.07, 6.45) is 2.99. The van der Waals surface area contributed by atoms with Gasteiger partial charge in [0.25, 0.3) is 0 Å². The Bertz CT molecular complexity index is 551. The molecule has 18 heavy (non-hydrogen) atoms. The Kier molecular flexibility index (Phi) is 3.08. The smallest absolute Gasteiger partial charge is 0.0605 e. The number of aromatic nitrogens is 1. The van der Waals surface area contributed by atoms with Crippen LogP contribution in [0.3, 0.4) is 0 Å². The summed E-state index contributed by atoms with van der Waals surface area (Å²) in [5, 5.41) is 0. The largest absolute Gasteiger partial charge is 0.362 e. The van der Waals surface area contributed by atoms with Gasteiger partial charge in [0.2, 0.25) is 0 Å². The number of anilines is 1. The number of rotatable bonds is 2. The van der Waals surface area contributed by atoms with Crippen molar-refractivity contribution in [2.24, 2.45) is 0 Å². The van der Waals surface area contributed by atoms with Crippen LogP contribution >= 0.6 is 15.9 Å². The van der Waals surface area contributed by atoms with Crippen LogP contribution in [0.1, 0.15) is 18.2 Å². The highest BCUT2D eigenvalue weighted by atomic mass is 79.9. The van der Waals surface area contributed by atoms with Gasteiger partial charge in [-0.2, -0.15) is 0 Å². The number of pyridine rings is 1. The van der Waals surface area contributed by atoms with Crippen molar-refractivity contribution in [3.8, 4) is 0 Å². The molecule has 0 saturated heterocycles. The zero-order valence-electron chi connectivity index (χ0n) is 10.3. The van der Waals surface area contributed by atoms with Crippen molar-refractivity contribution >= 4 is 21.6 Å². The van der Waals surface area contributed by atoms with Crippen LogP contribution in [0.2, 0.25) is 0 Å². The molecule has 0 N–H and O–H groups in total. The molecule has 2 heterocycles. The van der Waals surface area contributed by atoms with Crippen molar-refractivity contribution < 1.29 is 0 Å². The van der Waals surface area contributed by atoms with E-state index in [1.807, 2.05) is 6.20 Å². The fraction of sp³-hybridized carbons (Fsp3) is 0.267. The van der Waals surface area contributed by atoms with Crippen molar-refractivity contribution in [1.82, 2.24) is 4.98 Å². The van der Waals surface area contributed by atoms with Crippen LogP contribution in [0, 0.1) is 0 Å². The van der Waals surface area contributed by atoms with E-state index in [1.165, 1.54) is 11.3 Å². The Labute approximate surface area is 116 Å². The Morgan fingerprint density at radius 3 is 2.89 bits per heavy atom. The van der Waals surface area contributed by atoms with Gasteiger partial charge in [-0.1, -0.05) is 18.2 Å². The Balaban J connectivity index is 1.87. The topological polar surface area (TPSA) is 16.1 Å². The minimum absolute atomic E-state index is 0.549. The predicted molar refractivity (Wildman–Crippen MR) is 77.7 cm³/mol. The molecule has 0 bridgehead atoms. The molecule has 1 aliphatic rings. The highest BCUT2D eigenvalue weighted by Gasteiger charge is 2.25. The van der Waals surface area contributed by atoms with Crippen molar-refractivity contribution in [2.45, 2.75) is 25.9 Å². The SMILES string of the molecule is CC1Cc2ccccc2N1Cc1ccc(Br)cn1. The molecule has 2 aromatic rings. The first kappa shape index (κ1) is 11.7. The Morgan fingerprint density at radius 2 is 2.11 bits per heavy atom. The lowest BCUT2D eigenvalue weighted by molar-refractivity contribution is 0.665. The van der Waals surface area contributed by atoms with E-state index < -0.39 is 0 Å². The summed E-state index contributed by atoms with van der Waals surface area (Å²) in [4.78, 5) is 6.90. The minimum atomic E-state index is 0.549. The first-order valence-corrected chi connectivity index (χ1v) is 6.98. The maximum atomic E-state index is 4.46. The molecular weight excluding hydrogens is 288 g/mol. The highest BCUT2D eigenvalue weighted by molar-refractivity contribution is 9.10. The van der Waals surface area contributed by atoms with E-state index >= 15 is 0 Å². The molecule has 1 aromatic heterocycles. The summed E-state index contributed by atoms with van der Waals surface area (Å²) in [5.74, 6) is 0. The van der Waals surface area contributed by atoms with Gasteiger partial charge in [-0.25, -0.2) is 0 Å². The Morgan fingerprint density at radius 1 is 1.28 bits per heavy atom. The second kappa shape index (κ2) is 4.73. The minimum Gasteiger partial charge on any atom is -0.362 e. The van der Waals surface area contributed by atoms with Gasteiger partial charge in [0.15, 0.2) is 0 Å². The van der Waals surface area contributed by atoms with Crippen LogP contribution in [-0.4, -0.2) is 11.0 Å². The normalized spacial score (nSPS) is 17.9. The number of para-hydroxylation sites is 1. The molecule has 92 valence electrons. The number of nitrogens with zero attached hydrogens (tertiary/aromatic N) is 2. The zero-order chi connectivity index (χ0) is 12.5. The fourth-order valence-electron chi connectivity index (χ4n) is 2.55. The quantitative estimate of drug-likeness (QED) is 0.839. The molecule has 0 amide bonds. The monoisotopic (exact) mass is 302 g/mol. The third-order valence-corrected chi connectivity index (χ3v) is 3.94. The average Bonchev–Trinajstić information content (AvgIpc) is 2.69. The molecule has 1 aromatic carbocycles. The van der Waals surface area contributed by atoms with Crippen LogP contribution in [-0.2, 0) is 13.0 Å². The van der Waals surface area contributed by atoms with E-state index in [-0.39, 0.29) is 0 Å². The molecule has 3 rings (SSSR count). The molecule has 1 atom stereocenters. The van der Waals surface area contributed by atoms with Crippen molar-refractivity contribution in [2.75, 3.05) is 4.90 Å². The molecule has 0 saturated carbocycles. The first-order valence-electron chi connectivity index (χ1n) is 6.19. The van der Waals surface area contributed by atoms with E-state index in [0.717, 1.165) is 23.1 Å². The highest BCUT2D eigenvalue weighted by Crippen LogP contribution is 2.32. The van der Waals surface area contributed by atoms with Crippen molar-refractivity contribution in [3.63, 3.8) is 0 Å². The summed E-state index contributed by atoms with van der Waals surface area (Å²) in [5.41, 5.74) is 3.92. The van der Waals surface area contributed by atoms with Crippen molar-refractivity contribution in [1.29, 1.82) is 0 Å². The lowest BCUT2D eigenvalue weighted by Gasteiger charge is -2.24. The fourth-order valence-corrected chi connectivity index (χ4v) is 2.78. The summed E-state index contributed by atoms with van der Waals surface area (Å²) in [6, 6.07) is 13.3. The maximum absolute atomic E-state index is 4.46. The van der Waals surface area contributed by atoms with Gasteiger partial charge in [0, 0.05) is 22.4 Å². The maximum Gasteiger partial charge on any atom is 0.0605 e. The van der Waals surface area contributed by atoms with Gasteiger partial charge in [0.05, 0.1) is 12.2 Å². The molecule has 1 unspecified atom stereocenters. The molecule has 0 aliphatic carbocycles. The van der Waals surface area contributed by atoms with Gasteiger partial charge >= 0.3 is 0 Å². The first-order chi connectivity index (χ1) is 8.74. The van der Waals surface area contributed by atoms with Gasteiger partial charge in [-0.3, -0.25) is 4.98 Å². The summed E-state index contributed by atoms with van der Waals surface area (Å²) >= 11 is 3.42. The number of benzene rings is 1. The van der Waals surface area contributed by atoms with E-state index in [0.29, 0.717) is 6.04 Å². The number of halogens is 1. The molecule has 3 heteroatoms. The molecule has 1 aliphatic heterocycles. The average molecular weight is 303 g/mol. The van der Waals surface area contributed by atoms with Gasteiger partial charge in [-0.05, 0) is 53.0 Å². The molecule has 0 radical (unpaired) electrons. The lowest BCUT2D eigenvalue weighted by atomic mass is 10.1. The van der Waals surface area contributed by atoms with Gasteiger partial charge < -0.3 is 4.90 Å². The standard InChI is InChI=1S/C15H15BrN2/c1-11-8-12-4-2-3-5-15(12)18(11)10-14-7-6-13(16)9-17-14/h2-7,9,11H,8,10H2,1H3. The number of fused-ring (bicyclic) bond motifs is 1. The number of hydrogen-bond donors (Lipinski definition) is 0. The van der Waals surface area contributed by atoms with Crippen LogP contribution in [0.5, 0.6) is 0 Å². The third kappa shape index (κ3) is 2.15. The van der Waals surface area contributed by atoms with Crippen LogP contribution in [0.15, 0.2) is 47.1 Å². The van der Waals surface area contributed by atoms with E-state index in [1.54, 1.807) is 0 Å². The second-order valence-electron chi connectivity index (χ2n) is 4.78. The third-order valence-electron chi connectivity index (χ3n) is 3.47. The van der Waals surface area contributed by atoms with Gasteiger partial charge in [-0.15, -0.1) is 0 Å².